The predicted octanol–water partition coefficient (Wildman–Crippen LogP) is 8.10. The first-order valence-electron chi connectivity index (χ1n) is 11.5. The molecule has 0 aromatic heterocycles. The zero-order valence-corrected chi connectivity index (χ0v) is 21.9. The molecule has 0 aromatic rings. The second-order valence-corrected chi connectivity index (χ2v) is 11.5. The van der Waals surface area contributed by atoms with E-state index >= 15 is 0 Å². The largest absolute Gasteiger partial charge is 0.465 e. The summed E-state index contributed by atoms with van der Waals surface area (Å²) in [5.74, 6) is 3.18. The zero-order valence-electron chi connectivity index (χ0n) is 21.9. The van der Waals surface area contributed by atoms with Crippen molar-refractivity contribution < 1.29 is 9.47 Å². The molecule has 0 bridgehead atoms. The second kappa shape index (κ2) is 10.2. The van der Waals surface area contributed by atoms with Gasteiger partial charge in [0, 0.05) is 21.8 Å². The van der Waals surface area contributed by atoms with Crippen molar-refractivity contribution in [2.45, 2.75) is 62.3 Å². The van der Waals surface area contributed by atoms with E-state index in [0.29, 0.717) is 17.1 Å². The van der Waals surface area contributed by atoms with E-state index in [1.807, 2.05) is 57.2 Å². The van der Waals surface area contributed by atoms with Crippen LogP contribution in [0.3, 0.4) is 0 Å². The van der Waals surface area contributed by atoms with E-state index in [-0.39, 0.29) is 21.8 Å². The molecule has 0 amide bonds. The van der Waals surface area contributed by atoms with E-state index in [1.165, 1.54) is 0 Å². The van der Waals surface area contributed by atoms with Crippen LogP contribution >= 0.6 is 0 Å². The minimum absolute atomic E-state index is 0.0682. The van der Waals surface area contributed by atoms with Crippen LogP contribution in [0.2, 0.25) is 0 Å². The summed E-state index contributed by atoms with van der Waals surface area (Å²) in [7, 11) is 0. The Morgan fingerprint density at radius 2 is 1.18 bits per heavy atom. The Balaban J connectivity index is 2.30. The van der Waals surface area contributed by atoms with Crippen LogP contribution in [-0.2, 0) is 9.47 Å². The van der Waals surface area contributed by atoms with Gasteiger partial charge in [-0.2, -0.15) is 10.5 Å². The molecule has 2 rings (SSSR count). The quantitative estimate of drug-likeness (QED) is 0.318. The summed E-state index contributed by atoms with van der Waals surface area (Å²) >= 11 is 0. The van der Waals surface area contributed by atoms with Gasteiger partial charge in [-0.15, -0.1) is 0 Å². The molecule has 178 valence electrons. The van der Waals surface area contributed by atoms with Crippen molar-refractivity contribution in [2.24, 2.45) is 16.2 Å². The SMILES string of the molecule is CC(C)(C)C1=CC(=C(C#N)C#N)C=C(/C=C/C=C/C=C2C=C(C(C)(C)C)OC(C(C)(C)C)=C2)O1. The van der Waals surface area contributed by atoms with Gasteiger partial charge in [-0.25, -0.2) is 0 Å². The molecule has 4 nitrogen and oxygen atoms in total. The molecule has 0 fully saturated rings. The van der Waals surface area contributed by atoms with Crippen LogP contribution < -0.4 is 0 Å². The van der Waals surface area contributed by atoms with Crippen LogP contribution in [0.4, 0.5) is 0 Å². The molecule has 0 spiro atoms. The molecule has 0 atom stereocenters. The Bertz CT molecular complexity index is 1100. The molecule has 0 N–H and O–H groups in total. The van der Waals surface area contributed by atoms with Crippen LogP contribution in [0.25, 0.3) is 0 Å². The van der Waals surface area contributed by atoms with Crippen molar-refractivity contribution >= 4 is 0 Å². The highest BCUT2D eigenvalue weighted by Gasteiger charge is 2.28. The van der Waals surface area contributed by atoms with Crippen LogP contribution in [0.1, 0.15) is 62.3 Å². The minimum atomic E-state index is -0.258. The van der Waals surface area contributed by atoms with E-state index < -0.39 is 0 Å². The van der Waals surface area contributed by atoms with Crippen LogP contribution in [0.15, 0.2) is 94.4 Å². The average Bonchev–Trinajstić information content (AvgIpc) is 2.72. The summed E-state index contributed by atoms with van der Waals surface area (Å²) in [5, 5.41) is 18.6. The summed E-state index contributed by atoms with van der Waals surface area (Å²) in [6, 6.07) is 3.92. The second-order valence-electron chi connectivity index (χ2n) is 11.5. The van der Waals surface area contributed by atoms with Crippen molar-refractivity contribution in [3.63, 3.8) is 0 Å². The highest BCUT2D eigenvalue weighted by molar-refractivity contribution is 5.53. The summed E-state index contributed by atoms with van der Waals surface area (Å²) in [4.78, 5) is 0. The molecule has 0 saturated heterocycles. The lowest BCUT2D eigenvalue weighted by molar-refractivity contribution is 0.161. The lowest BCUT2D eigenvalue weighted by atomic mass is 9.87. The molecule has 34 heavy (non-hydrogen) atoms. The topological polar surface area (TPSA) is 66.0 Å². The van der Waals surface area contributed by atoms with Gasteiger partial charge in [0.25, 0.3) is 0 Å². The molecular weight excluding hydrogens is 420 g/mol. The smallest absolute Gasteiger partial charge is 0.137 e. The van der Waals surface area contributed by atoms with E-state index in [2.05, 4.69) is 59.8 Å². The number of ether oxygens (including phenoxy) is 2. The minimum Gasteiger partial charge on any atom is -0.465 e. The van der Waals surface area contributed by atoms with Gasteiger partial charge in [-0.1, -0.05) is 86.6 Å². The molecule has 4 heteroatoms. The van der Waals surface area contributed by atoms with E-state index in [4.69, 9.17) is 9.47 Å². The molecule has 0 radical (unpaired) electrons. The van der Waals surface area contributed by atoms with Gasteiger partial charge in [0.05, 0.1) is 0 Å². The van der Waals surface area contributed by atoms with Gasteiger partial charge in [-0.05, 0) is 36.0 Å². The third-order valence-corrected chi connectivity index (χ3v) is 5.13. The molecule has 0 aromatic carbocycles. The predicted molar refractivity (Wildman–Crippen MR) is 137 cm³/mol. The Morgan fingerprint density at radius 1 is 0.676 bits per heavy atom. The molecule has 2 aliphatic rings. The fourth-order valence-electron chi connectivity index (χ4n) is 3.01. The number of nitrogens with zero attached hydrogens (tertiary/aromatic N) is 2. The summed E-state index contributed by atoms with van der Waals surface area (Å²) in [6.45, 7) is 19.0. The van der Waals surface area contributed by atoms with Gasteiger partial charge < -0.3 is 9.47 Å². The van der Waals surface area contributed by atoms with Gasteiger partial charge in [0.15, 0.2) is 0 Å². The molecular formula is C30H36N2O2. The first kappa shape index (κ1) is 26.7. The number of rotatable bonds is 3. The van der Waals surface area contributed by atoms with Gasteiger partial charge >= 0.3 is 0 Å². The maximum atomic E-state index is 9.28. The highest BCUT2D eigenvalue weighted by Crippen LogP contribution is 2.39. The van der Waals surface area contributed by atoms with Gasteiger partial charge in [0.2, 0.25) is 0 Å². The van der Waals surface area contributed by atoms with E-state index in [0.717, 1.165) is 17.1 Å². The lowest BCUT2D eigenvalue weighted by Crippen LogP contribution is -2.21. The molecule has 2 aliphatic heterocycles. The van der Waals surface area contributed by atoms with Crippen LogP contribution in [0, 0.1) is 38.9 Å². The third kappa shape index (κ3) is 7.26. The molecule has 2 heterocycles. The first-order valence-corrected chi connectivity index (χ1v) is 11.5. The summed E-state index contributed by atoms with van der Waals surface area (Å²) < 4.78 is 12.2. The fraction of sp³-hybridized carbons (Fsp3) is 0.400. The number of hydrogen-bond acceptors (Lipinski definition) is 4. The van der Waals surface area contributed by atoms with Crippen molar-refractivity contribution in [3.05, 3.63) is 94.4 Å². The highest BCUT2D eigenvalue weighted by atomic mass is 16.5. The molecule has 0 unspecified atom stereocenters. The van der Waals surface area contributed by atoms with Crippen LogP contribution in [0.5, 0.6) is 0 Å². The van der Waals surface area contributed by atoms with Crippen molar-refractivity contribution in [2.75, 3.05) is 0 Å². The van der Waals surface area contributed by atoms with Crippen LogP contribution in [-0.4, -0.2) is 0 Å². The number of nitriles is 2. The van der Waals surface area contributed by atoms with Crippen molar-refractivity contribution in [1.29, 1.82) is 10.5 Å². The Hall–Kier alpha value is -3.50. The third-order valence-electron chi connectivity index (χ3n) is 5.13. The first-order chi connectivity index (χ1) is 15.6. The molecule has 0 saturated carbocycles. The Labute approximate surface area is 205 Å². The molecule has 0 aliphatic carbocycles. The fourth-order valence-corrected chi connectivity index (χ4v) is 3.01. The van der Waals surface area contributed by atoms with Gasteiger partial charge in [-0.3, -0.25) is 0 Å². The summed E-state index contributed by atoms with van der Waals surface area (Å²) in [6.07, 6.45) is 17.3. The maximum Gasteiger partial charge on any atom is 0.137 e. The Kier molecular flexibility index (Phi) is 8.01. The number of allylic oxidation sites excluding steroid dienone is 15. The summed E-state index contributed by atoms with van der Waals surface area (Å²) in [5.41, 5.74) is 1.27. The monoisotopic (exact) mass is 456 g/mol. The van der Waals surface area contributed by atoms with E-state index in [1.54, 1.807) is 12.2 Å². The normalized spacial score (nSPS) is 17.1. The number of hydrogen-bond donors (Lipinski definition) is 0. The van der Waals surface area contributed by atoms with Crippen molar-refractivity contribution in [3.8, 4) is 12.1 Å². The maximum absolute atomic E-state index is 9.28. The lowest BCUT2D eigenvalue weighted by Gasteiger charge is -2.32. The van der Waals surface area contributed by atoms with E-state index in [9.17, 15) is 10.5 Å². The van der Waals surface area contributed by atoms with Crippen molar-refractivity contribution in [1.82, 2.24) is 0 Å². The van der Waals surface area contributed by atoms with Gasteiger partial charge in [0.1, 0.15) is 40.7 Å². The average molecular weight is 457 g/mol. The standard InChI is InChI=1S/C30H36N2O2/c1-28(2,3)25-15-21(16-26(34-25)29(4,5)6)13-11-10-12-14-24-17-22(23(19-31)20-32)18-27(33-24)30(7,8)9/h10-18H,1-9H3/b11-10+,14-12+. The Morgan fingerprint density at radius 3 is 1.65 bits per heavy atom. The zero-order chi connectivity index (χ0) is 25.7.